The molecule has 0 bridgehead atoms. The molecule has 0 heterocycles. The molecule has 15 heavy (non-hydrogen) atoms. The summed E-state index contributed by atoms with van der Waals surface area (Å²) in [6.45, 7) is 13.8. The predicted octanol–water partition coefficient (Wildman–Crippen LogP) is 2.11. The Morgan fingerprint density at radius 2 is 2.00 bits per heavy atom. The first-order valence-corrected chi connectivity index (χ1v) is 5.83. The second-order valence-corrected chi connectivity index (χ2v) is 5.08. The van der Waals surface area contributed by atoms with Crippen molar-refractivity contribution in [1.29, 1.82) is 0 Å². The summed E-state index contributed by atoms with van der Waals surface area (Å²) >= 11 is 0. The van der Waals surface area contributed by atoms with Gasteiger partial charge in [0, 0.05) is 11.6 Å². The highest BCUT2D eigenvalue weighted by Gasteiger charge is 2.12. The van der Waals surface area contributed by atoms with Crippen LogP contribution >= 0.6 is 0 Å². The third kappa shape index (κ3) is 7.41. The van der Waals surface area contributed by atoms with Crippen molar-refractivity contribution in [3.63, 3.8) is 0 Å². The van der Waals surface area contributed by atoms with Crippen molar-refractivity contribution >= 4 is 0 Å². The summed E-state index contributed by atoms with van der Waals surface area (Å²) in [5, 5.41) is 3.50. The van der Waals surface area contributed by atoms with Crippen molar-refractivity contribution in [2.45, 2.75) is 52.6 Å². The second-order valence-electron chi connectivity index (χ2n) is 5.08. The van der Waals surface area contributed by atoms with Crippen molar-refractivity contribution in [2.75, 3.05) is 19.6 Å². The largest absolute Gasteiger partial charge is 0.312 e. The Hall–Kier alpha value is -0.520. The van der Waals surface area contributed by atoms with Crippen LogP contribution in [-0.4, -0.2) is 36.1 Å². The quantitative estimate of drug-likeness (QED) is 0.676. The average Bonchev–Trinajstić information content (AvgIpc) is 2.11. The van der Waals surface area contributed by atoms with Gasteiger partial charge >= 0.3 is 0 Å². The molecule has 0 amide bonds. The van der Waals surface area contributed by atoms with E-state index in [1.165, 1.54) is 0 Å². The zero-order valence-corrected chi connectivity index (χ0v) is 10.9. The van der Waals surface area contributed by atoms with Crippen molar-refractivity contribution in [3.05, 3.63) is 0 Å². The van der Waals surface area contributed by atoms with Gasteiger partial charge in [0.05, 0.1) is 6.54 Å². The van der Waals surface area contributed by atoms with Crippen molar-refractivity contribution < 1.29 is 0 Å². The predicted molar refractivity (Wildman–Crippen MR) is 67.9 cm³/mol. The Morgan fingerprint density at radius 1 is 1.40 bits per heavy atom. The van der Waals surface area contributed by atoms with E-state index in [1.807, 2.05) is 0 Å². The van der Waals surface area contributed by atoms with Crippen LogP contribution in [0.4, 0.5) is 0 Å². The van der Waals surface area contributed by atoms with E-state index in [9.17, 15) is 0 Å². The lowest BCUT2D eigenvalue weighted by atomic mass is 10.1. The molecule has 88 valence electrons. The molecule has 0 rings (SSSR count). The first kappa shape index (κ1) is 14.5. The van der Waals surface area contributed by atoms with Gasteiger partial charge in [0.1, 0.15) is 0 Å². The lowest BCUT2D eigenvalue weighted by Crippen LogP contribution is -2.40. The van der Waals surface area contributed by atoms with E-state index in [4.69, 9.17) is 6.42 Å². The molecule has 2 heteroatoms. The Bertz CT molecular complexity index is 198. The van der Waals surface area contributed by atoms with E-state index in [0.29, 0.717) is 6.04 Å². The fourth-order valence-corrected chi connectivity index (χ4v) is 1.54. The molecule has 0 aromatic heterocycles. The van der Waals surface area contributed by atoms with E-state index in [1.54, 1.807) is 0 Å². The Morgan fingerprint density at radius 3 is 2.40 bits per heavy atom. The maximum absolute atomic E-state index is 5.33. The fourth-order valence-electron chi connectivity index (χ4n) is 1.54. The summed E-state index contributed by atoms with van der Waals surface area (Å²) in [5.41, 5.74) is 0.211. The Balaban J connectivity index is 3.81. The highest BCUT2D eigenvalue weighted by Crippen LogP contribution is 2.04. The molecule has 1 atom stereocenters. The fraction of sp³-hybridized carbons (Fsp3) is 0.846. The molecular formula is C13H26N2. The molecule has 0 aliphatic rings. The first-order chi connectivity index (χ1) is 6.90. The molecule has 0 aliphatic carbocycles. The smallest absolute Gasteiger partial charge is 0.0601 e. The maximum atomic E-state index is 5.33. The molecule has 1 unspecified atom stereocenters. The van der Waals surface area contributed by atoms with Gasteiger partial charge in [-0.1, -0.05) is 12.8 Å². The third-order valence-corrected chi connectivity index (χ3v) is 2.54. The Labute approximate surface area is 95.4 Å². The van der Waals surface area contributed by atoms with Crippen molar-refractivity contribution in [1.82, 2.24) is 10.2 Å². The van der Waals surface area contributed by atoms with Gasteiger partial charge in [0.15, 0.2) is 0 Å². The number of hydrogen-bond acceptors (Lipinski definition) is 2. The van der Waals surface area contributed by atoms with E-state index in [0.717, 1.165) is 26.1 Å². The minimum Gasteiger partial charge on any atom is -0.312 e. The molecule has 2 nitrogen and oxygen atoms in total. The van der Waals surface area contributed by atoms with Crippen LogP contribution in [-0.2, 0) is 0 Å². The van der Waals surface area contributed by atoms with Crippen LogP contribution in [0.2, 0.25) is 0 Å². The molecule has 0 saturated carbocycles. The minimum absolute atomic E-state index is 0.211. The topological polar surface area (TPSA) is 15.3 Å². The van der Waals surface area contributed by atoms with Crippen LogP contribution in [0.1, 0.15) is 41.0 Å². The van der Waals surface area contributed by atoms with Crippen LogP contribution in [0, 0.1) is 12.3 Å². The normalized spacial score (nSPS) is 13.9. The minimum atomic E-state index is 0.211. The standard InChI is InChI=1S/C13H26N2/c1-7-11-15(8-2)12(3)9-10-14-13(4,5)6/h1,12,14H,8-11H2,2-6H3. The number of terminal acetylenes is 1. The van der Waals surface area contributed by atoms with Gasteiger partial charge in [-0.15, -0.1) is 6.42 Å². The average molecular weight is 210 g/mol. The van der Waals surface area contributed by atoms with Crippen molar-refractivity contribution in [3.8, 4) is 12.3 Å². The van der Waals surface area contributed by atoms with E-state index < -0.39 is 0 Å². The molecular weight excluding hydrogens is 184 g/mol. The molecule has 0 spiro atoms. The summed E-state index contributed by atoms with van der Waals surface area (Å²) in [6, 6.07) is 0.556. The molecule has 0 aromatic carbocycles. The SMILES string of the molecule is C#CCN(CC)C(C)CCNC(C)(C)C. The molecule has 0 saturated heterocycles. The summed E-state index contributed by atoms with van der Waals surface area (Å²) < 4.78 is 0. The maximum Gasteiger partial charge on any atom is 0.0601 e. The number of hydrogen-bond donors (Lipinski definition) is 1. The van der Waals surface area contributed by atoms with Crippen LogP contribution in [0.25, 0.3) is 0 Å². The zero-order valence-electron chi connectivity index (χ0n) is 10.9. The summed E-state index contributed by atoms with van der Waals surface area (Å²) in [7, 11) is 0. The molecule has 0 aromatic rings. The highest BCUT2D eigenvalue weighted by molar-refractivity contribution is 4.89. The van der Waals surface area contributed by atoms with Gasteiger partial charge in [-0.3, -0.25) is 4.90 Å². The molecule has 0 fully saturated rings. The monoisotopic (exact) mass is 210 g/mol. The van der Waals surface area contributed by atoms with E-state index >= 15 is 0 Å². The third-order valence-electron chi connectivity index (χ3n) is 2.54. The highest BCUT2D eigenvalue weighted by atomic mass is 15.1. The summed E-state index contributed by atoms with van der Waals surface area (Å²) in [4.78, 5) is 2.32. The first-order valence-electron chi connectivity index (χ1n) is 5.83. The van der Waals surface area contributed by atoms with Gasteiger partial charge in [-0.25, -0.2) is 0 Å². The lowest BCUT2D eigenvalue weighted by Gasteiger charge is -2.27. The molecule has 0 radical (unpaired) electrons. The van der Waals surface area contributed by atoms with Gasteiger partial charge < -0.3 is 5.32 Å². The molecule has 1 N–H and O–H groups in total. The van der Waals surface area contributed by atoms with E-state index in [2.05, 4.69) is 50.8 Å². The molecule has 0 aliphatic heterocycles. The lowest BCUT2D eigenvalue weighted by molar-refractivity contribution is 0.230. The Kier molecular flexibility index (Phi) is 6.63. The van der Waals surface area contributed by atoms with Gasteiger partial charge in [-0.05, 0) is 47.2 Å². The van der Waals surface area contributed by atoms with Crippen LogP contribution in [0.15, 0.2) is 0 Å². The van der Waals surface area contributed by atoms with Crippen LogP contribution in [0.5, 0.6) is 0 Å². The summed E-state index contributed by atoms with van der Waals surface area (Å²) in [6.07, 6.45) is 6.48. The zero-order chi connectivity index (χ0) is 11.9. The second kappa shape index (κ2) is 6.87. The number of nitrogens with one attached hydrogen (secondary N) is 1. The van der Waals surface area contributed by atoms with E-state index in [-0.39, 0.29) is 5.54 Å². The van der Waals surface area contributed by atoms with Gasteiger partial charge in [-0.2, -0.15) is 0 Å². The van der Waals surface area contributed by atoms with Gasteiger partial charge in [0.25, 0.3) is 0 Å². The summed E-state index contributed by atoms with van der Waals surface area (Å²) in [5.74, 6) is 2.71. The number of nitrogens with zero attached hydrogens (tertiary/aromatic N) is 1. The van der Waals surface area contributed by atoms with Crippen LogP contribution < -0.4 is 5.32 Å². The van der Waals surface area contributed by atoms with Crippen LogP contribution in [0.3, 0.4) is 0 Å². The van der Waals surface area contributed by atoms with Gasteiger partial charge in [0.2, 0.25) is 0 Å². The van der Waals surface area contributed by atoms with Crippen molar-refractivity contribution in [2.24, 2.45) is 0 Å². The number of rotatable bonds is 6.